The molecule has 4 rings (SSSR count). The quantitative estimate of drug-likeness (QED) is 0.668. The van der Waals surface area contributed by atoms with Crippen LogP contribution in [0.1, 0.15) is 23.2 Å². The van der Waals surface area contributed by atoms with Gasteiger partial charge in [-0.3, -0.25) is 4.79 Å². The number of halogens is 1. The van der Waals surface area contributed by atoms with E-state index in [-0.39, 0.29) is 5.91 Å². The predicted octanol–water partition coefficient (Wildman–Crippen LogP) is 4.86. The number of thiazole rings is 1. The van der Waals surface area contributed by atoms with Gasteiger partial charge in [-0.05, 0) is 48.2 Å². The monoisotopic (exact) mass is 397 g/mol. The SMILES string of the molecule is O=C(NCC1CCCN1c1nccs1)c1ccc(-c2cccc(Cl)c2)cc1. The molecule has 1 aliphatic rings. The first-order valence-electron chi connectivity index (χ1n) is 9.01. The molecule has 27 heavy (non-hydrogen) atoms. The van der Waals surface area contributed by atoms with Crippen LogP contribution in [0.2, 0.25) is 5.02 Å². The van der Waals surface area contributed by atoms with Crippen molar-refractivity contribution in [3.8, 4) is 11.1 Å². The zero-order chi connectivity index (χ0) is 18.6. The second-order valence-corrected chi connectivity index (χ2v) is 7.91. The number of benzene rings is 2. The average molecular weight is 398 g/mol. The van der Waals surface area contributed by atoms with Gasteiger partial charge in [0.05, 0.1) is 0 Å². The van der Waals surface area contributed by atoms with Gasteiger partial charge in [0.1, 0.15) is 0 Å². The maximum Gasteiger partial charge on any atom is 0.251 e. The predicted molar refractivity (Wildman–Crippen MR) is 112 cm³/mol. The molecule has 1 aromatic heterocycles. The Bertz CT molecular complexity index is 911. The lowest BCUT2D eigenvalue weighted by atomic mass is 10.0. The summed E-state index contributed by atoms with van der Waals surface area (Å²) in [4.78, 5) is 19.2. The summed E-state index contributed by atoms with van der Waals surface area (Å²) in [6.07, 6.45) is 4.04. The number of carbonyl (C=O) groups excluding carboxylic acids is 1. The maximum atomic E-state index is 12.5. The number of rotatable bonds is 5. The first-order chi connectivity index (χ1) is 13.2. The Kier molecular flexibility index (Phi) is 5.41. The van der Waals surface area contributed by atoms with E-state index in [1.165, 1.54) is 0 Å². The molecule has 1 aliphatic heterocycles. The number of hydrogen-bond donors (Lipinski definition) is 1. The van der Waals surface area contributed by atoms with Crippen LogP contribution in [0.15, 0.2) is 60.1 Å². The Hall–Kier alpha value is -2.37. The number of anilines is 1. The molecule has 0 spiro atoms. The van der Waals surface area contributed by atoms with E-state index in [2.05, 4.69) is 15.2 Å². The summed E-state index contributed by atoms with van der Waals surface area (Å²) in [5.41, 5.74) is 2.75. The van der Waals surface area contributed by atoms with Crippen LogP contribution < -0.4 is 10.2 Å². The van der Waals surface area contributed by atoms with Crippen molar-refractivity contribution in [1.82, 2.24) is 10.3 Å². The van der Waals surface area contributed by atoms with E-state index in [4.69, 9.17) is 11.6 Å². The van der Waals surface area contributed by atoms with Crippen molar-refractivity contribution in [3.63, 3.8) is 0 Å². The van der Waals surface area contributed by atoms with Gasteiger partial charge in [-0.2, -0.15) is 0 Å². The van der Waals surface area contributed by atoms with Crippen LogP contribution in [0.5, 0.6) is 0 Å². The smallest absolute Gasteiger partial charge is 0.251 e. The molecule has 0 bridgehead atoms. The number of amides is 1. The molecule has 1 amide bonds. The molecule has 1 fully saturated rings. The summed E-state index contributed by atoms with van der Waals surface area (Å²) < 4.78 is 0. The van der Waals surface area contributed by atoms with Gasteiger partial charge in [0.2, 0.25) is 0 Å². The van der Waals surface area contributed by atoms with E-state index >= 15 is 0 Å². The molecule has 1 N–H and O–H groups in total. The van der Waals surface area contributed by atoms with Crippen LogP contribution in [0, 0.1) is 0 Å². The van der Waals surface area contributed by atoms with Crippen molar-refractivity contribution in [3.05, 3.63) is 70.7 Å². The second kappa shape index (κ2) is 8.11. The minimum atomic E-state index is -0.0429. The molecule has 1 unspecified atom stereocenters. The van der Waals surface area contributed by atoms with Gasteiger partial charge >= 0.3 is 0 Å². The maximum absolute atomic E-state index is 12.5. The fourth-order valence-corrected chi connectivity index (χ4v) is 4.38. The molecule has 138 valence electrons. The van der Waals surface area contributed by atoms with Gasteiger partial charge < -0.3 is 10.2 Å². The molecule has 1 saturated heterocycles. The fourth-order valence-electron chi connectivity index (χ4n) is 3.45. The van der Waals surface area contributed by atoms with Crippen LogP contribution in [0.4, 0.5) is 5.13 Å². The third kappa shape index (κ3) is 4.15. The first-order valence-corrected chi connectivity index (χ1v) is 10.3. The van der Waals surface area contributed by atoms with Crippen molar-refractivity contribution in [2.45, 2.75) is 18.9 Å². The van der Waals surface area contributed by atoms with Crippen LogP contribution in [-0.2, 0) is 0 Å². The van der Waals surface area contributed by atoms with Gasteiger partial charge in [-0.25, -0.2) is 4.98 Å². The topological polar surface area (TPSA) is 45.2 Å². The lowest BCUT2D eigenvalue weighted by Gasteiger charge is -2.24. The minimum absolute atomic E-state index is 0.0429. The number of aromatic nitrogens is 1. The van der Waals surface area contributed by atoms with Gasteiger partial charge in [0.25, 0.3) is 5.91 Å². The number of carbonyl (C=O) groups is 1. The standard InChI is InChI=1S/C21H20ClN3OS/c22-18-4-1-3-17(13-18)15-6-8-16(9-7-15)20(26)24-14-19-5-2-11-25(19)21-23-10-12-27-21/h1,3-4,6-10,12-13,19H,2,5,11,14H2,(H,24,26). The first kappa shape index (κ1) is 18.0. The van der Waals surface area contributed by atoms with Crippen molar-refractivity contribution in [2.24, 2.45) is 0 Å². The zero-order valence-corrected chi connectivity index (χ0v) is 16.3. The van der Waals surface area contributed by atoms with Crippen LogP contribution in [0.25, 0.3) is 11.1 Å². The van der Waals surface area contributed by atoms with E-state index < -0.39 is 0 Å². The highest BCUT2D eigenvalue weighted by Crippen LogP contribution is 2.27. The van der Waals surface area contributed by atoms with Gasteiger partial charge in [-0.15, -0.1) is 11.3 Å². The van der Waals surface area contributed by atoms with Crippen molar-refractivity contribution in [1.29, 1.82) is 0 Å². The molecule has 0 radical (unpaired) electrons. The molecule has 2 aromatic carbocycles. The summed E-state index contributed by atoms with van der Waals surface area (Å²) in [5, 5.41) is 6.81. The van der Waals surface area contributed by atoms with Gasteiger partial charge in [0.15, 0.2) is 5.13 Å². The van der Waals surface area contributed by atoms with E-state index in [0.717, 1.165) is 35.6 Å². The molecule has 1 atom stereocenters. The number of nitrogens with zero attached hydrogens (tertiary/aromatic N) is 2. The molecular formula is C21H20ClN3OS. The lowest BCUT2D eigenvalue weighted by Crippen LogP contribution is -2.40. The summed E-state index contributed by atoms with van der Waals surface area (Å²) in [6.45, 7) is 1.64. The lowest BCUT2D eigenvalue weighted by molar-refractivity contribution is 0.0951. The van der Waals surface area contributed by atoms with E-state index in [0.29, 0.717) is 23.2 Å². The Morgan fingerprint density at radius 2 is 2.07 bits per heavy atom. The van der Waals surface area contributed by atoms with E-state index in [1.54, 1.807) is 11.3 Å². The number of nitrogens with one attached hydrogen (secondary N) is 1. The molecule has 3 aromatic rings. The summed E-state index contributed by atoms with van der Waals surface area (Å²) in [7, 11) is 0. The second-order valence-electron chi connectivity index (χ2n) is 6.60. The van der Waals surface area contributed by atoms with Crippen molar-refractivity contribution >= 4 is 34.0 Å². The Morgan fingerprint density at radius 1 is 1.22 bits per heavy atom. The molecule has 2 heterocycles. The highest BCUT2D eigenvalue weighted by Gasteiger charge is 2.26. The summed E-state index contributed by atoms with van der Waals surface area (Å²) in [6, 6.07) is 15.6. The normalized spacial score (nSPS) is 16.5. The molecule has 4 nitrogen and oxygen atoms in total. The van der Waals surface area contributed by atoms with Crippen LogP contribution in [-0.4, -0.2) is 30.0 Å². The average Bonchev–Trinajstić information content (AvgIpc) is 3.37. The molecule has 0 saturated carbocycles. The van der Waals surface area contributed by atoms with Gasteiger partial charge in [0, 0.05) is 41.3 Å². The largest absolute Gasteiger partial charge is 0.350 e. The Balaban J connectivity index is 1.38. The highest BCUT2D eigenvalue weighted by molar-refractivity contribution is 7.13. The van der Waals surface area contributed by atoms with E-state index in [1.807, 2.05) is 60.1 Å². The molecular weight excluding hydrogens is 378 g/mol. The zero-order valence-electron chi connectivity index (χ0n) is 14.8. The summed E-state index contributed by atoms with van der Waals surface area (Å²) in [5.74, 6) is -0.0429. The Morgan fingerprint density at radius 3 is 2.81 bits per heavy atom. The van der Waals surface area contributed by atoms with Gasteiger partial charge in [-0.1, -0.05) is 35.9 Å². The van der Waals surface area contributed by atoms with Crippen LogP contribution >= 0.6 is 22.9 Å². The summed E-state index contributed by atoms with van der Waals surface area (Å²) >= 11 is 7.70. The third-order valence-electron chi connectivity index (χ3n) is 4.85. The van der Waals surface area contributed by atoms with Crippen molar-refractivity contribution in [2.75, 3.05) is 18.0 Å². The minimum Gasteiger partial charge on any atom is -0.350 e. The number of hydrogen-bond acceptors (Lipinski definition) is 4. The highest BCUT2D eigenvalue weighted by atomic mass is 35.5. The van der Waals surface area contributed by atoms with E-state index in [9.17, 15) is 4.79 Å². The third-order valence-corrected chi connectivity index (χ3v) is 5.89. The Labute approximate surface area is 167 Å². The van der Waals surface area contributed by atoms with Crippen molar-refractivity contribution < 1.29 is 4.79 Å². The van der Waals surface area contributed by atoms with Crippen LogP contribution in [0.3, 0.4) is 0 Å². The molecule has 6 heteroatoms. The molecule has 0 aliphatic carbocycles. The fraction of sp³-hybridized carbons (Fsp3) is 0.238.